The summed E-state index contributed by atoms with van der Waals surface area (Å²) in [4.78, 5) is 27.5. The molecule has 0 aliphatic heterocycles. The molecule has 0 aliphatic carbocycles. The van der Waals surface area contributed by atoms with Crippen LogP contribution in [0.2, 0.25) is 0 Å². The lowest BCUT2D eigenvalue weighted by molar-refractivity contribution is -0.119. The van der Waals surface area contributed by atoms with E-state index in [2.05, 4.69) is 16.9 Å². The van der Waals surface area contributed by atoms with Gasteiger partial charge < -0.3 is 15.5 Å². The molecule has 1 amide bonds. The Bertz CT molecular complexity index is 179. The molecule has 1 atom stereocenters. The molecule has 0 saturated heterocycles. The van der Waals surface area contributed by atoms with Crippen LogP contribution in [0.25, 0.3) is 0 Å². The van der Waals surface area contributed by atoms with Crippen molar-refractivity contribution in [2.75, 3.05) is 0 Å². The zero-order chi connectivity index (χ0) is 8.36. The van der Waals surface area contributed by atoms with Gasteiger partial charge in [-0.2, -0.15) is 0 Å². The van der Waals surface area contributed by atoms with Crippen molar-refractivity contribution < 1.29 is 14.6 Å². The van der Waals surface area contributed by atoms with Gasteiger partial charge in [-0.25, -0.2) is 5.09 Å². The zero-order valence-electron chi connectivity index (χ0n) is 5.31. The van der Waals surface area contributed by atoms with Gasteiger partial charge in [-0.3, -0.25) is 4.79 Å². The van der Waals surface area contributed by atoms with Crippen molar-refractivity contribution in [1.82, 2.24) is 5.09 Å². The van der Waals surface area contributed by atoms with Gasteiger partial charge in [0.2, 0.25) is 5.91 Å². The molecule has 60 valence electrons. The van der Waals surface area contributed by atoms with Gasteiger partial charge >= 0.3 is 0 Å². The molecule has 0 spiro atoms. The summed E-state index contributed by atoms with van der Waals surface area (Å²) in [6.45, 7) is -2.09. The van der Waals surface area contributed by atoms with E-state index in [9.17, 15) is 4.79 Å². The van der Waals surface area contributed by atoms with E-state index in [0.717, 1.165) is 0 Å². The van der Waals surface area contributed by atoms with Crippen LogP contribution in [0.15, 0.2) is 0 Å². The first-order valence-corrected chi connectivity index (χ1v) is 5.16. The molecule has 0 fully saturated rings. The second kappa shape index (κ2) is 3.41. The highest BCUT2D eigenvalue weighted by Crippen LogP contribution is 2.29. The lowest BCUT2D eigenvalue weighted by atomic mass is 10.4. The Labute approximate surface area is 63.5 Å². The number of rotatable bonds is 3. The molecule has 0 aliphatic rings. The minimum Gasteiger partial charge on any atom is -0.368 e. The molecule has 0 saturated carbocycles. The first-order chi connectivity index (χ1) is 4.33. The fourth-order valence-electron chi connectivity index (χ4n) is 0.316. The number of nitrogens with two attached hydrogens (primary N) is 1. The Morgan fingerprint density at radius 1 is 1.80 bits per heavy atom. The maximum Gasteiger partial charge on any atom is 0.256 e. The summed E-state index contributed by atoms with van der Waals surface area (Å²) >= 11 is 4.18. The summed E-state index contributed by atoms with van der Waals surface area (Å²) in [5.74, 6) is -0.669. The molecular weight excluding hydrogens is 175 g/mol. The fourth-order valence-corrected chi connectivity index (χ4v) is 1.42. The van der Waals surface area contributed by atoms with Crippen LogP contribution in [0, 0.1) is 0 Å². The molecular formula is C3H9N2O3PS. The van der Waals surface area contributed by atoms with E-state index in [4.69, 9.17) is 15.5 Å². The highest BCUT2D eigenvalue weighted by atomic mass is 32.5. The van der Waals surface area contributed by atoms with Gasteiger partial charge in [-0.15, -0.1) is 0 Å². The van der Waals surface area contributed by atoms with E-state index < -0.39 is 18.6 Å². The summed E-state index contributed by atoms with van der Waals surface area (Å²) < 4.78 is 0. The molecule has 7 heteroatoms. The summed E-state index contributed by atoms with van der Waals surface area (Å²) in [7, 11) is 0. The van der Waals surface area contributed by atoms with Crippen LogP contribution >= 0.6 is 6.64 Å². The van der Waals surface area contributed by atoms with Crippen molar-refractivity contribution in [2.45, 2.75) is 13.0 Å². The molecule has 0 aromatic rings. The van der Waals surface area contributed by atoms with E-state index in [1.54, 1.807) is 0 Å². The maximum atomic E-state index is 10.3. The van der Waals surface area contributed by atoms with Crippen molar-refractivity contribution in [1.29, 1.82) is 0 Å². The van der Waals surface area contributed by atoms with Crippen LogP contribution in [0.3, 0.4) is 0 Å². The topological polar surface area (TPSA) is 95.6 Å². The second-order valence-corrected chi connectivity index (χ2v) is 4.67. The summed E-state index contributed by atoms with van der Waals surface area (Å²) in [5.41, 5.74) is 4.79. The Kier molecular flexibility index (Phi) is 3.41. The standard InChI is InChI=1S/C3H9N2O3PS/c1-2(3(4)6)5-9(7,8)10/h2H,1H3,(H2,4,6)(H3,5,7,8,10)/t2-/m0/s1. The largest absolute Gasteiger partial charge is 0.368 e. The van der Waals surface area contributed by atoms with Crippen LogP contribution in [0.5, 0.6) is 0 Å². The molecule has 0 heterocycles. The second-order valence-electron chi connectivity index (χ2n) is 1.80. The summed E-state index contributed by atoms with van der Waals surface area (Å²) in [5, 5.41) is 2.08. The average molecular weight is 184 g/mol. The Morgan fingerprint density at radius 3 is 2.30 bits per heavy atom. The Hall–Kier alpha value is 0. The average Bonchev–Trinajstić information content (AvgIpc) is 1.60. The first kappa shape index (κ1) is 10.0. The zero-order valence-corrected chi connectivity index (χ0v) is 7.02. The number of hydrogen-bond donors (Lipinski definition) is 4. The summed E-state index contributed by atoms with van der Waals surface area (Å²) in [6.07, 6.45) is 0. The molecule has 0 aromatic heterocycles. The van der Waals surface area contributed by atoms with Crippen LogP contribution < -0.4 is 10.8 Å². The third kappa shape index (κ3) is 4.84. The van der Waals surface area contributed by atoms with Crippen molar-refractivity contribution >= 4 is 24.4 Å². The first-order valence-electron chi connectivity index (χ1n) is 2.45. The number of carbonyl (C=O) groups is 1. The molecule has 0 aromatic carbocycles. The number of primary amides is 1. The van der Waals surface area contributed by atoms with Gasteiger partial charge in [0.25, 0.3) is 6.64 Å². The van der Waals surface area contributed by atoms with Crippen LogP contribution in [0.4, 0.5) is 0 Å². The lowest BCUT2D eigenvalue weighted by Crippen LogP contribution is -2.36. The van der Waals surface area contributed by atoms with E-state index in [0.29, 0.717) is 0 Å². The minimum atomic E-state index is -3.49. The van der Waals surface area contributed by atoms with Gasteiger partial charge in [0.05, 0.1) is 6.04 Å². The number of carbonyl (C=O) groups excluding carboxylic acids is 1. The van der Waals surface area contributed by atoms with Gasteiger partial charge in [-0.05, 0) is 18.7 Å². The van der Waals surface area contributed by atoms with E-state index >= 15 is 0 Å². The lowest BCUT2D eigenvalue weighted by Gasteiger charge is -2.13. The fraction of sp³-hybridized carbons (Fsp3) is 0.667. The predicted octanol–water partition coefficient (Wildman–Crippen LogP) is -1.34. The van der Waals surface area contributed by atoms with Gasteiger partial charge in [0.1, 0.15) is 0 Å². The van der Waals surface area contributed by atoms with Crippen LogP contribution in [-0.4, -0.2) is 21.7 Å². The van der Waals surface area contributed by atoms with E-state index in [1.807, 2.05) is 0 Å². The van der Waals surface area contributed by atoms with Crippen molar-refractivity contribution in [3.63, 3.8) is 0 Å². The van der Waals surface area contributed by atoms with Crippen LogP contribution in [0.1, 0.15) is 6.92 Å². The normalized spacial score (nSPS) is 14.7. The molecule has 0 bridgehead atoms. The van der Waals surface area contributed by atoms with Crippen molar-refractivity contribution in [2.24, 2.45) is 5.73 Å². The Morgan fingerprint density at radius 2 is 2.20 bits per heavy atom. The Balaban J connectivity index is 3.93. The molecule has 0 unspecified atom stereocenters. The van der Waals surface area contributed by atoms with Crippen LogP contribution in [-0.2, 0) is 16.6 Å². The molecule has 10 heavy (non-hydrogen) atoms. The van der Waals surface area contributed by atoms with Gasteiger partial charge in [-0.1, -0.05) is 0 Å². The van der Waals surface area contributed by atoms with Crippen molar-refractivity contribution in [3.05, 3.63) is 0 Å². The molecule has 0 radical (unpaired) electrons. The van der Waals surface area contributed by atoms with Gasteiger partial charge in [0, 0.05) is 0 Å². The van der Waals surface area contributed by atoms with E-state index in [1.165, 1.54) is 6.92 Å². The smallest absolute Gasteiger partial charge is 0.256 e. The number of amides is 1. The SMILES string of the molecule is C[C@H](NP(O)(O)=S)C(N)=O. The molecule has 5 nitrogen and oxygen atoms in total. The minimum absolute atomic E-state index is 0.669. The highest BCUT2D eigenvalue weighted by Gasteiger charge is 2.15. The monoisotopic (exact) mass is 184 g/mol. The quantitative estimate of drug-likeness (QED) is 0.407. The highest BCUT2D eigenvalue weighted by molar-refractivity contribution is 8.08. The number of nitrogens with one attached hydrogen (secondary N) is 1. The van der Waals surface area contributed by atoms with Crippen molar-refractivity contribution in [3.8, 4) is 0 Å². The van der Waals surface area contributed by atoms with Gasteiger partial charge in [0.15, 0.2) is 0 Å². The molecule has 5 N–H and O–H groups in total. The number of hydrogen-bond acceptors (Lipinski definition) is 2. The third-order valence-corrected chi connectivity index (χ3v) is 1.83. The predicted molar refractivity (Wildman–Crippen MR) is 40.5 cm³/mol. The maximum absolute atomic E-state index is 10.3. The molecule has 0 rings (SSSR count). The summed E-state index contributed by atoms with van der Waals surface area (Å²) in [6, 6.07) is -0.805. The third-order valence-electron chi connectivity index (χ3n) is 0.789. The van der Waals surface area contributed by atoms with E-state index in [-0.39, 0.29) is 0 Å².